The van der Waals surface area contributed by atoms with Gasteiger partial charge in [0.2, 0.25) is 0 Å². The van der Waals surface area contributed by atoms with E-state index < -0.39 is 0 Å². The molecule has 4 nitrogen and oxygen atoms in total. The molecule has 0 aliphatic carbocycles. The molecule has 0 unspecified atom stereocenters. The summed E-state index contributed by atoms with van der Waals surface area (Å²) in [5.74, 6) is 0.246. The number of hydrazine groups is 1. The van der Waals surface area contributed by atoms with Crippen molar-refractivity contribution >= 4 is 11.9 Å². The van der Waals surface area contributed by atoms with Crippen molar-refractivity contribution in [3.63, 3.8) is 0 Å². The van der Waals surface area contributed by atoms with Crippen LogP contribution in [0.3, 0.4) is 0 Å². The summed E-state index contributed by atoms with van der Waals surface area (Å²) in [5, 5.41) is 14.1. The second kappa shape index (κ2) is 5.93. The fraction of sp³-hybridized carbons (Fsp3) is 0.167. The van der Waals surface area contributed by atoms with Crippen LogP contribution in [-0.4, -0.2) is 29.9 Å². The number of rotatable bonds is 3. The molecule has 1 aliphatic heterocycles. The van der Waals surface area contributed by atoms with E-state index in [1.54, 1.807) is 18.3 Å². The second-order valence-corrected chi connectivity index (χ2v) is 5.27. The maximum Gasteiger partial charge on any atom is 0.124 e. The predicted octanol–water partition coefficient (Wildman–Crippen LogP) is 3.41. The van der Waals surface area contributed by atoms with E-state index in [1.165, 1.54) is 0 Å². The number of anilines is 1. The standard InChI is InChI=1S/C18H19N3O/c1-14-17(19-12-15-8-6-7-11-18(15)22)13-21(20(14)2)16-9-4-3-5-10-16/h3-12,22H,13H2,1-2H3. The van der Waals surface area contributed by atoms with Gasteiger partial charge >= 0.3 is 0 Å². The molecule has 0 spiro atoms. The molecule has 0 bridgehead atoms. The Balaban J connectivity index is 1.82. The van der Waals surface area contributed by atoms with Gasteiger partial charge in [-0.25, -0.2) is 0 Å². The molecule has 112 valence electrons. The largest absolute Gasteiger partial charge is 0.507 e. The van der Waals surface area contributed by atoms with Gasteiger partial charge in [0.25, 0.3) is 0 Å². The Bertz CT molecular complexity index is 722. The molecule has 0 saturated heterocycles. The lowest BCUT2D eigenvalue weighted by molar-refractivity contribution is 0.422. The molecule has 0 radical (unpaired) electrons. The number of allylic oxidation sites excluding steroid dienone is 1. The number of aliphatic imine (C=N–C) groups is 1. The lowest BCUT2D eigenvalue weighted by Gasteiger charge is -2.29. The van der Waals surface area contributed by atoms with Gasteiger partial charge in [-0.15, -0.1) is 0 Å². The van der Waals surface area contributed by atoms with Gasteiger partial charge in [0.15, 0.2) is 0 Å². The maximum atomic E-state index is 9.80. The Morgan fingerprint density at radius 1 is 1.05 bits per heavy atom. The van der Waals surface area contributed by atoms with Crippen LogP contribution < -0.4 is 5.01 Å². The van der Waals surface area contributed by atoms with Crippen molar-refractivity contribution in [2.45, 2.75) is 6.92 Å². The van der Waals surface area contributed by atoms with Gasteiger partial charge in [-0.05, 0) is 31.2 Å². The molecule has 0 aromatic heterocycles. The molecule has 0 saturated carbocycles. The van der Waals surface area contributed by atoms with Crippen molar-refractivity contribution in [1.82, 2.24) is 5.01 Å². The molecule has 1 N–H and O–H groups in total. The SMILES string of the molecule is CC1=C(N=Cc2ccccc2O)CN(c2ccccc2)N1C. The summed E-state index contributed by atoms with van der Waals surface area (Å²) in [7, 11) is 2.03. The highest BCUT2D eigenvalue weighted by atomic mass is 16.3. The first kappa shape index (κ1) is 14.2. The zero-order valence-electron chi connectivity index (χ0n) is 12.8. The number of benzene rings is 2. The molecule has 0 atom stereocenters. The van der Waals surface area contributed by atoms with Crippen molar-refractivity contribution < 1.29 is 5.11 Å². The molecule has 4 heteroatoms. The van der Waals surface area contributed by atoms with E-state index in [2.05, 4.69) is 34.1 Å². The van der Waals surface area contributed by atoms with Crippen LogP contribution in [0.5, 0.6) is 5.75 Å². The topological polar surface area (TPSA) is 39.1 Å². The average molecular weight is 293 g/mol. The van der Waals surface area contributed by atoms with Gasteiger partial charge < -0.3 is 5.11 Å². The van der Waals surface area contributed by atoms with E-state index in [-0.39, 0.29) is 5.75 Å². The highest BCUT2D eigenvalue weighted by molar-refractivity contribution is 5.84. The van der Waals surface area contributed by atoms with Crippen LogP contribution in [-0.2, 0) is 0 Å². The molecule has 0 fully saturated rings. The van der Waals surface area contributed by atoms with Gasteiger partial charge in [-0.2, -0.15) is 0 Å². The monoisotopic (exact) mass is 293 g/mol. The van der Waals surface area contributed by atoms with Gasteiger partial charge in [0.1, 0.15) is 5.75 Å². The average Bonchev–Trinajstić information content (AvgIpc) is 2.83. The van der Waals surface area contributed by atoms with E-state index in [4.69, 9.17) is 0 Å². The Labute approximate surface area is 130 Å². The molecular formula is C18H19N3O. The van der Waals surface area contributed by atoms with Crippen LogP contribution >= 0.6 is 0 Å². The first-order valence-electron chi connectivity index (χ1n) is 7.25. The first-order chi connectivity index (χ1) is 10.7. The normalized spacial score (nSPS) is 15.2. The fourth-order valence-corrected chi connectivity index (χ4v) is 2.47. The predicted molar refractivity (Wildman–Crippen MR) is 90.0 cm³/mol. The Kier molecular flexibility index (Phi) is 3.83. The number of para-hydroxylation sites is 2. The van der Waals surface area contributed by atoms with Crippen molar-refractivity contribution in [2.24, 2.45) is 4.99 Å². The Morgan fingerprint density at radius 2 is 1.73 bits per heavy atom. The Hall–Kier alpha value is -2.75. The summed E-state index contributed by atoms with van der Waals surface area (Å²) >= 11 is 0. The minimum Gasteiger partial charge on any atom is -0.507 e. The lowest BCUT2D eigenvalue weighted by Crippen LogP contribution is -2.33. The summed E-state index contributed by atoms with van der Waals surface area (Å²) in [4.78, 5) is 4.57. The van der Waals surface area contributed by atoms with Gasteiger partial charge in [-0.3, -0.25) is 15.0 Å². The third-order valence-electron chi connectivity index (χ3n) is 3.92. The fourth-order valence-electron chi connectivity index (χ4n) is 2.47. The molecule has 2 aromatic rings. The number of aromatic hydroxyl groups is 1. The summed E-state index contributed by atoms with van der Waals surface area (Å²) in [6.45, 7) is 2.77. The summed E-state index contributed by atoms with van der Waals surface area (Å²) in [5.41, 5.74) is 3.96. The van der Waals surface area contributed by atoms with Crippen LogP contribution in [0.25, 0.3) is 0 Å². The van der Waals surface area contributed by atoms with Crippen LogP contribution in [0, 0.1) is 0 Å². The van der Waals surface area contributed by atoms with Crippen LogP contribution in [0.15, 0.2) is 71.0 Å². The van der Waals surface area contributed by atoms with E-state index in [0.717, 1.165) is 29.2 Å². The smallest absolute Gasteiger partial charge is 0.124 e. The highest BCUT2D eigenvalue weighted by Crippen LogP contribution is 2.27. The van der Waals surface area contributed by atoms with E-state index in [1.807, 2.05) is 37.4 Å². The minimum absolute atomic E-state index is 0.246. The van der Waals surface area contributed by atoms with Crippen LogP contribution in [0.1, 0.15) is 12.5 Å². The minimum atomic E-state index is 0.246. The van der Waals surface area contributed by atoms with E-state index in [0.29, 0.717) is 0 Å². The zero-order chi connectivity index (χ0) is 15.5. The highest BCUT2D eigenvalue weighted by Gasteiger charge is 2.24. The third kappa shape index (κ3) is 2.68. The molecular weight excluding hydrogens is 274 g/mol. The molecule has 1 heterocycles. The quantitative estimate of drug-likeness (QED) is 0.881. The van der Waals surface area contributed by atoms with Crippen molar-refractivity contribution in [2.75, 3.05) is 18.6 Å². The van der Waals surface area contributed by atoms with Crippen LogP contribution in [0.2, 0.25) is 0 Å². The molecule has 0 amide bonds. The summed E-state index contributed by atoms with van der Waals surface area (Å²) in [6.07, 6.45) is 1.72. The zero-order valence-corrected chi connectivity index (χ0v) is 12.8. The van der Waals surface area contributed by atoms with E-state index >= 15 is 0 Å². The molecule has 22 heavy (non-hydrogen) atoms. The number of phenolic OH excluding ortho intramolecular Hbond substituents is 1. The third-order valence-corrected chi connectivity index (χ3v) is 3.92. The number of nitrogens with zero attached hydrogens (tertiary/aromatic N) is 3. The molecule has 1 aliphatic rings. The van der Waals surface area contributed by atoms with Crippen molar-refractivity contribution in [1.29, 1.82) is 0 Å². The molecule has 3 rings (SSSR count). The van der Waals surface area contributed by atoms with Gasteiger partial charge in [0.05, 0.1) is 23.6 Å². The number of hydrogen-bond donors (Lipinski definition) is 1. The molecule has 2 aromatic carbocycles. The Morgan fingerprint density at radius 3 is 2.45 bits per heavy atom. The van der Waals surface area contributed by atoms with Gasteiger partial charge in [-0.1, -0.05) is 30.3 Å². The summed E-state index contributed by atoms with van der Waals surface area (Å²) < 4.78 is 0. The first-order valence-corrected chi connectivity index (χ1v) is 7.25. The second-order valence-electron chi connectivity index (χ2n) is 5.27. The van der Waals surface area contributed by atoms with E-state index in [9.17, 15) is 5.11 Å². The van der Waals surface area contributed by atoms with Gasteiger partial charge in [0, 0.05) is 18.8 Å². The summed E-state index contributed by atoms with van der Waals surface area (Å²) in [6, 6.07) is 17.4. The van der Waals surface area contributed by atoms with Crippen molar-refractivity contribution in [3.8, 4) is 5.75 Å². The van der Waals surface area contributed by atoms with Crippen LogP contribution in [0.4, 0.5) is 5.69 Å². The lowest BCUT2D eigenvalue weighted by atomic mass is 10.2. The van der Waals surface area contributed by atoms with Crippen molar-refractivity contribution in [3.05, 3.63) is 71.6 Å². The maximum absolute atomic E-state index is 9.80. The number of phenols is 1. The number of hydrogen-bond acceptors (Lipinski definition) is 4.